The number of nitrogens with zero attached hydrogens (tertiary/aromatic N) is 1. The van der Waals surface area contributed by atoms with Gasteiger partial charge in [0, 0.05) is 0 Å². The second-order valence-corrected chi connectivity index (χ2v) is 9.46. The third-order valence-corrected chi connectivity index (χ3v) is 3.46. The molecule has 0 heterocycles. The van der Waals surface area contributed by atoms with Gasteiger partial charge in [0.05, 0.1) is 0 Å². The molecule has 0 fully saturated rings. The van der Waals surface area contributed by atoms with Crippen molar-refractivity contribution in [3.8, 4) is 0 Å². The van der Waals surface area contributed by atoms with Crippen LogP contribution in [0.2, 0.25) is 0 Å². The standard InChI is InChI=1S/C16H14.2C5H5.C2H6N.In.Zr/c1-3-9-15(10-4-1)13-7-8-14-16-11-5-2-6-12-16;2*1-2-4-5-3-1;1-3-2;;/h1-14H;2*1-3H,4H2;1-2H3;;/q;3*-1;+1;+2. The minimum atomic E-state index is 0. The molecule has 2 aliphatic carbocycles. The molecule has 1 nitrogen and oxygen atoms in total. The Morgan fingerprint density at radius 3 is 1.29 bits per heavy atom. The molecule has 4 rings (SSSR count). The molecular formula is C28H30InNZr. The molecule has 0 saturated carbocycles. The molecule has 0 aliphatic heterocycles. The molecule has 0 bridgehead atoms. The van der Waals surface area contributed by atoms with E-state index in [0.29, 0.717) is 0 Å². The summed E-state index contributed by atoms with van der Waals surface area (Å²) >= 11 is 1.23. The Hall–Kier alpha value is -1.41. The van der Waals surface area contributed by atoms with Gasteiger partial charge in [0.15, 0.2) is 0 Å². The van der Waals surface area contributed by atoms with Gasteiger partial charge in [0.25, 0.3) is 0 Å². The fourth-order valence-corrected chi connectivity index (χ4v) is 2.14. The first kappa shape index (κ1) is 29.6. The zero-order valence-corrected chi connectivity index (χ0v) is 24.2. The summed E-state index contributed by atoms with van der Waals surface area (Å²) < 4.78 is 2.13. The van der Waals surface area contributed by atoms with E-state index in [0.717, 1.165) is 12.8 Å². The maximum absolute atomic E-state index is 2.99. The quantitative estimate of drug-likeness (QED) is 0.288. The number of hydrogen-bond acceptors (Lipinski definition) is 1. The van der Waals surface area contributed by atoms with Crippen LogP contribution in [0.3, 0.4) is 0 Å². The summed E-state index contributed by atoms with van der Waals surface area (Å²) in [5.41, 5.74) is 2.44. The van der Waals surface area contributed by atoms with Gasteiger partial charge in [0.2, 0.25) is 0 Å². The first-order valence-electron chi connectivity index (χ1n) is 9.99. The smallest absolute Gasteiger partial charge is 0.273 e. The van der Waals surface area contributed by atoms with Crippen LogP contribution in [-0.4, -0.2) is 41.6 Å². The largest absolute Gasteiger partial charge is 2.00 e. The molecule has 0 amide bonds. The third-order valence-electron chi connectivity index (χ3n) is 3.46. The van der Waals surface area contributed by atoms with Gasteiger partial charge >= 0.3 is 67.8 Å². The van der Waals surface area contributed by atoms with E-state index in [1.165, 1.54) is 35.8 Å². The van der Waals surface area contributed by atoms with Crippen molar-refractivity contribution in [2.75, 3.05) is 14.1 Å². The van der Waals surface area contributed by atoms with E-state index in [9.17, 15) is 0 Å². The van der Waals surface area contributed by atoms with E-state index < -0.39 is 0 Å². The second-order valence-electron chi connectivity index (χ2n) is 6.51. The summed E-state index contributed by atoms with van der Waals surface area (Å²) in [6, 6.07) is 20.6. The van der Waals surface area contributed by atoms with E-state index >= 15 is 0 Å². The Balaban J connectivity index is 0.000000489. The SMILES string of the molecule is C(C=Cc1ccccc1)=Cc1ccccc1.C[N](C)[In].[C-]1=CC=CC1.[C-]1=CC=CC1.[Zr+2]. The van der Waals surface area contributed by atoms with Crippen LogP contribution in [0.4, 0.5) is 0 Å². The minimum Gasteiger partial charge on any atom is -0.273 e. The van der Waals surface area contributed by atoms with E-state index in [2.05, 4.69) is 89.9 Å². The summed E-state index contributed by atoms with van der Waals surface area (Å²) in [5.74, 6) is 0. The van der Waals surface area contributed by atoms with Gasteiger partial charge in [0.1, 0.15) is 0 Å². The Bertz CT molecular complexity index is 740. The van der Waals surface area contributed by atoms with Crippen LogP contribution in [0.25, 0.3) is 12.2 Å². The molecule has 0 saturated heterocycles. The summed E-state index contributed by atoms with van der Waals surface area (Å²) in [5, 5.41) is 0. The molecule has 154 valence electrons. The molecular weight excluding hydrogens is 556 g/mol. The zero-order chi connectivity index (χ0) is 21.7. The van der Waals surface area contributed by atoms with Crippen LogP contribution in [0.5, 0.6) is 0 Å². The molecule has 2 aromatic rings. The molecule has 31 heavy (non-hydrogen) atoms. The van der Waals surface area contributed by atoms with E-state index in [1.54, 1.807) is 0 Å². The Kier molecular flexibility index (Phi) is 20.8. The van der Waals surface area contributed by atoms with Crippen molar-refractivity contribution in [2.45, 2.75) is 12.8 Å². The fourth-order valence-electron chi connectivity index (χ4n) is 2.14. The summed E-state index contributed by atoms with van der Waals surface area (Å²) in [6.07, 6.45) is 28.3. The predicted octanol–water partition coefficient (Wildman–Crippen LogP) is 6.65. The molecule has 2 radical (unpaired) electrons. The topological polar surface area (TPSA) is 3.24 Å². The molecule has 2 aliphatic rings. The van der Waals surface area contributed by atoms with Crippen molar-refractivity contribution in [2.24, 2.45) is 0 Å². The molecule has 0 atom stereocenters. The third kappa shape index (κ3) is 20.3. The Morgan fingerprint density at radius 2 is 1.06 bits per heavy atom. The monoisotopic (exact) mass is 585 g/mol. The van der Waals surface area contributed by atoms with Crippen molar-refractivity contribution >= 4 is 36.8 Å². The molecule has 0 aromatic heterocycles. The van der Waals surface area contributed by atoms with Crippen LogP contribution < -0.4 is 0 Å². The summed E-state index contributed by atoms with van der Waals surface area (Å²) in [6.45, 7) is 0. The average Bonchev–Trinajstić information content (AvgIpc) is 3.52. The first-order chi connectivity index (χ1) is 14.7. The van der Waals surface area contributed by atoms with Gasteiger partial charge in [-0.1, -0.05) is 85.0 Å². The van der Waals surface area contributed by atoms with E-state index in [-0.39, 0.29) is 26.2 Å². The number of hydrogen-bond donors (Lipinski definition) is 0. The first-order valence-corrected chi connectivity index (χ1v) is 11.5. The van der Waals surface area contributed by atoms with Gasteiger partial charge in [-0.25, -0.2) is 24.3 Å². The van der Waals surface area contributed by atoms with Crippen LogP contribution in [-0.2, 0) is 26.2 Å². The average molecular weight is 587 g/mol. The van der Waals surface area contributed by atoms with Crippen LogP contribution in [0.15, 0.2) is 109 Å². The van der Waals surface area contributed by atoms with Gasteiger partial charge in [-0.2, -0.15) is 12.2 Å². The van der Waals surface area contributed by atoms with Crippen molar-refractivity contribution < 1.29 is 26.2 Å². The molecule has 2 aromatic carbocycles. The molecule has 0 N–H and O–H groups in total. The molecule has 0 unspecified atom stereocenters. The Morgan fingerprint density at radius 1 is 0.710 bits per heavy atom. The summed E-state index contributed by atoms with van der Waals surface area (Å²) in [4.78, 5) is 0. The Labute approximate surface area is 223 Å². The van der Waals surface area contributed by atoms with Crippen molar-refractivity contribution in [3.05, 3.63) is 133 Å². The predicted molar refractivity (Wildman–Crippen MR) is 134 cm³/mol. The van der Waals surface area contributed by atoms with Gasteiger partial charge < -0.3 is 0 Å². The van der Waals surface area contributed by atoms with E-state index in [1.807, 2.05) is 60.7 Å². The van der Waals surface area contributed by atoms with Crippen molar-refractivity contribution in [3.63, 3.8) is 0 Å². The number of rotatable bonds is 3. The van der Waals surface area contributed by atoms with Crippen molar-refractivity contribution in [1.82, 2.24) is 2.89 Å². The maximum atomic E-state index is 2.99. The van der Waals surface area contributed by atoms with Crippen LogP contribution in [0.1, 0.15) is 24.0 Å². The zero-order valence-electron chi connectivity index (χ0n) is 18.5. The normalized spacial score (nSPS) is 12.6. The van der Waals surface area contributed by atoms with E-state index in [4.69, 9.17) is 0 Å². The van der Waals surface area contributed by atoms with Crippen molar-refractivity contribution in [1.29, 1.82) is 0 Å². The minimum absolute atomic E-state index is 0. The number of benzene rings is 2. The second kappa shape index (κ2) is 21.8. The van der Waals surface area contributed by atoms with Gasteiger partial charge in [-0.15, -0.1) is 12.8 Å². The fraction of sp³-hybridized carbons (Fsp3) is 0.143. The van der Waals surface area contributed by atoms with Gasteiger partial charge in [-0.05, 0) is 11.1 Å². The number of allylic oxidation sites excluding steroid dienone is 10. The maximum Gasteiger partial charge on any atom is 2.00 e. The summed E-state index contributed by atoms with van der Waals surface area (Å²) in [7, 11) is 4.12. The van der Waals surface area contributed by atoms with Crippen LogP contribution in [0, 0.1) is 12.2 Å². The molecule has 3 heteroatoms. The van der Waals surface area contributed by atoms with Gasteiger partial charge in [-0.3, -0.25) is 12.2 Å². The van der Waals surface area contributed by atoms with Crippen LogP contribution >= 0.6 is 0 Å². The molecule has 0 spiro atoms.